The summed E-state index contributed by atoms with van der Waals surface area (Å²) in [5, 5.41) is 3.43. The first-order valence-electron chi connectivity index (χ1n) is 5.18. The minimum absolute atomic E-state index is 0.435. The maximum atomic E-state index is 10.4. The minimum Gasteiger partial charge on any atom is -0.316 e. The molecule has 1 heterocycles. The second kappa shape index (κ2) is 2.69. The normalized spacial score (nSPS) is 39.0. The Morgan fingerprint density at radius 1 is 1.50 bits per heavy atom. The highest BCUT2D eigenvalue weighted by Crippen LogP contribution is 2.60. The molecule has 2 unspecified atom stereocenters. The van der Waals surface area contributed by atoms with Crippen LogP contribution in [-0.2, 0) is 4.79 Å². The molecule has 0 aromatic heterocycles. The monoisotopic (exact) mass is 187 g/mol. The lowest BCUT2D eigenvalue weighted by Gasteiger charge is -2.16. The Labute approximate surface area is 83.4 Å². The average Bonchev–Trinajstić information content (AvgIpc) is 2.82. The Morgan fingerprint density at radius 2 is 2.43 bits per heavy atom. The van der Waals surface area contributed by atoms with Crippen LogP contribution in [0, 0.1) is 11.3 Å². The lowest BCUT2D eigenvalue weighted by Crippen LogP contribution is -2.17. The summed E-state index contributed by atoms with van der Waals surface area (Å²) in [7, 11) is 0. The molecule has 0 radical (unpaired) electrons. The van der Waals surface area contributed by atoms with Gasteiger partial charge in [-0.25, -0.2) is 4.79 Å². The molecule has 1 N–H and O–H groups in total. The van der Waals surface area contributed by atoms with Crippen LogP contribution in [0.5, 0.6) is 0 Å². The highest BCUT2D eigenvalue weighted by molar-refractivity contribution is 5.61. The molecule has 2 atom stereocenters. The van der Waals surface area contributed by atoms with E-state index in [0.29, 0.717) is 5.41 Å². The minimum atomic E-state index is 0.435. The molecule has 1 saturated carbocycles. The Hall–Kier alpha value is -1.11. The van der Waals surface area contributed by atoms with Crippen LogP contribution in [0.1, 0.15) is 12.8 Å². The zero-order chi connectivity index (χ0) is 9.60. The zero-order valence-corrected chi connectivity index (χ0v) is 8.05. The van der Waals surface area contributed by atoms with Gasteiger partial charge in [0.25, 0.3) is 0 Å². The van der Waals surface area contributed by atoms with Gasteiger partial charge < -0.3 is 5.32 Å². The SMILES string of the molecule is O=C=C1C=CC(C23CNCC2C3)=CC1. The number of piperidine rings is 1. The van der Waals surface area contributed by atoms with E-state index in [1.54, 1.807) is 0 Å². The number of allylic oxidation sites excluding steroid dienone is 4. The van der Waals surface area contributed by atoms with Crippen molar-refractivity contribution in [3.05, 3.63) is 29.4 Å². The van der Waals surface area contributed by atoms with Crippen molar-refractivity contribution in [1.29, 1.82) is 0 Å². The molecule has 0 spiro atoms. The van der Waals surface area contributed by atoms with Crippen LogP contribution in [0.3, 0.4) is 0 Å². The first-order chi connectivity index (χ1) is 6.85. The third kappa shape index (κ3) is 0.985. The fourth-order valence-corrected chi connectivity index (χ4v) is 2.78. The van der Waals surface area contributed by atoms with Crippen LogP contribution < -0.4 is 5.32 Å². The van der Waals surface area contributed by atoms with E-state index < -0.39 is 0 Å². The van der Waals surface area contributed by atoms with E-state index in [-0.39, 0.29) is 0 Å². The summed E-state index contributed by atoms with van der Waals surface area (Å²) in [5.41, 5.74) is 2.64. The zero-order valence-electron chi connectivity index (χ0n) is 8.05. The van der Waals surface area contributed by atoms with Gasteiger partial charge in [-0.05, 0) is 30.5 Å². The molecule has 3 rings (SSSR count). The van der Waals surface area contributed by atoms with Gasteiger partial charge in [-0.2, -0.15) is 0 Å². The Bertz CT molecular complexity index is 387. The lowest BCUT2D eigenvalue weighted by molar-refractivity contribution is 0.567. The molecule has 14 heavy (non-hydrogen) atoms. The molecule has 2 heteroatoms. The van der Waals surface area contributed by atoms with E-state index >= 15 is 0 Å². The Morgan fingerprint density at radius 3 is 2.93 bits per heavy atom. The number of fused-ring (bicyclic) bond motifs is 1. The molecular formula is C12H13NO. The van der Waals surface area contributed by atoms with Crippen LogP contribution in [0.4, 0.5) is 0 Å². The van der Waals surface area contributed by atoms with Gasteiger partial charge in [0, 0.05) is 24.0 Å². The van der Waals surface area contributed by atoms with Crippen molar-refractivity contribution in [2.24, 2.45) is 11.3 Å². The molecule has 0 aromatic rings. The van der Waals surface area contributed by atoms with E-state index in [1.807, 2.05) is 12.0 Å². The van der Waals surface area contributed by atoms with Crippen LogP contribution in [0.2, 0.25) is 0 Å². The van der Waals surface area contributed by atoms with Crippen molar-refractivity contribution >= 4 is 5.94 Å². The molecule has 0 amide bonds. The van der Waals surface area contributed by atoms with Crippen LogP contribution in [0.25, 0.3) is 0 Å². The molecular weight excluding hydrogens is 174 g/mol. The van der Waals surface area contributed by atoms with E-state index in [0.717, 1.165) is 24.5 Å². The van der Waals surface area contributed by atoms with Gasteiger partial charge in [0.05, 0.1) is 0 Å². The predicted octanol–water partition coefficient (Wildman–Crippen LogP) is 1.24. The van der Waals surface area contributed by atoms with Crippen molar-refractivity contribution < 1.29 is 4.79 Å². The predicted molar refractivity (Wildman–Crippen MR) is 54.5 cm³/mol. The summed E-state index contributed by atoms with van der Waals surface area (Å²) in [6.45, 7) is 2.29. The fourth-order valence-electron chi connectivity index (χ4n) is 2.78. The molecule has 1 saturated heterocycles. The number of carbonyl (C=O) groups excluding carboxylic acids is 1. The maximum Gasteiger partial charge on any atom is 0.128 e. The standard InChI is InChI=1S/C12H13NO/c14-7-9-1-3-10(4-2-9)12-5-11(12)6-13-8-12/h1,3-4,11,13H,2,5-6,8H2. The number of hydrogen-bond acceptors (Lipinski definition) is 2. The number of hydrogen-bond donors (Lipinski definition) is 1. The van der Waals surface area contributed by atoms with Gasteiger partial charge in [-0.3, -0.25) is 0 Å². The first-order valence-corrected chi connectivity index (χ1v) is 5.18. The summed E-state index contributed by atoms with van der Waals surface area (Å²) in [5.74, 6) is 2.81. The molecule has 2 nitrogen and oxygen atoms in total. The van der Waals surface area contributed by atoms with Gasteiger partial charge in [0.15, 0.2) is 0 Å². The highest BCUT2D eigenvalue weighted by atomic mass is 16.1. The first kappa shape index (κ1) is 8.22. The molecule has 2 fully saturated rings. The van der Waals surface area contributed by atoms with E-state index in [2.05, 4.69) is 17.5 Å². The molecule has 0 bridgehead atoms. The van der Waals surface area contributed by atoms with E-state index in [1.165, 1.54) is 18.5 Å². The van der Waals surface area contributed by atoms with E-state index in [9.17, 15) is 4.79 Å². The van der Waals surface area contributed by atoms with Crippen LogP contribution in [-0.4, -0.2) is 19.0 Å². The molecule has 3 aliphatic rings. The van der Waals surface area contributed by atoms with Crippen LogP contribution in [0.15, 0.2) is 29.4 Å². The maximum absolute atomic E-state index is 10.4. The number of nitrogens with one attached hydrogen (secondary N) is 1. The lowest BCUT2D eigenvalue weighted by atomic mass is 9.89. The van der Waals surface area contributed by atoms with Gasteiger partial charge in [-0.15, -0.1) is 0 Å². The van der Waals surface area contributed by atoms with Crippen molar-refractivity contribution in [2.45, 2.75) is 12.8 Å². The van der Waals surface area contributed by atoms with Gasteiger partial charge in [0.2, 0.25) is 0 Å². The van der Waals surface area contributed by atoms with Crippen molar-refractivity contribution in [1.82, 2.24) is 5.32 Å². The van der Waals surface area contributed by atoms with Gasteiger partial charge in [0.1, 0.15) is 5.94 Å². The third-order valence-electron chi connectivity index (χ3n) is 3.78. The Kier molecular flexibility index (Phi) is 1.58. The van der Waals surface area contributed by atoms with Crippen molar-refractivity contribution in [3.63, 3.8) is 0 Å². The smallest absolute Gasteiger partial charge is 0.128 e. The summed E-state index contributed by atoms with van der Waals surface area (Å²) in [4.78, 5) is 10.4. The quantitative estimate of drug-likeness (QED) is 0.626. The summed E-state index contributed by atoms with van der Waals surface area (Å²) in [6.07, 6.45) is 8.33. The van der Waals surface area contributed by atoms with Crippen molar-refractivity contribution in [2.75, 3.05) is 13.1 Å². The van der Waals surface area contributed by atoms with Gasteiger partial charge in [-0.1, -0.05) is 12.2 Å². The van der Waals surface area contributed by atoms with Gasteiger partial charge >= 0.3 is 0 Å². The molecule has 1 aliphatic heterocycles. The number of rotatable bonds is 1. The second-order valence-corrected chi connectivity index (χ2v) is 4.51. The van der Waals surface area contributed by atoms with Crippen LogP contribution >= 0.6 is 0 Å². The summed E-state index contributed by atoms with van der Waals surface area (Å²) >= 11 is 0. The molecule has 2 aliphatic carbocycles. The highest BCUT2D eigenvalue weighted by Gasteiger charge is 2.58. The molecule has 72 valence electrons. The van der Waals surface area contributed by atoms with E-state index in [4.69, 9.17) is 0 Å². The summed E-state index contributed by atoms with van der Waals surface area (Å²) < 4.78 is 0. The second-order valence-electron chi connectivity index (χ2n) is 4.51. The fraction of sp³-hybridized carbons (Fsp3) is 0.500. The largest absolute Gasteiger partial charge is 0.316 e. The third-order valence-corrected chi connectivity index (χ3v) is 3.78. The Balaban J connectivity index is 1.86. The topological polar surface area (TPSA) is 29.1 Å². The molecule has 0 aromatic carbocycles. The summed E-state index contributed by atoms with van der Waals surface area (Å²) in [6, 6.07) is 0. The van der Waals surface area contributed by atoms with Crippen molar-refractivity contribution in [3.8, 4) is 0 Å². The average molecular weight is 187 g/mol.